The van der Waals surface area contributed by atoms with Gasteiger partial charge in [-0.2, -0.15) is 11.3 Å². The first-order valence-corrected chi connectivity index (χ1v) is 17.8. The minimum Gasteiger partial charge on any atom is -0.304 e. The molecule has 3 aromatic heterocycles. The van der Waals surface area contributed by atoms with Gasteiger partial charge in [0.2, 0.25) is 0 Å². The maximum atomic E-state index is 4.61. The second-order valence-corrected chi connectivity index (χ2v) is 17.4. The van der Waals surface area contributed by atoms with E-state index in [1.807, 2.05) is 54.1 Å². The molecule has 1 radical (unpaired) electrons. The molecule has 0 unspecified atom stereocenters. The van der Waals surface area contributed by atoms with Crippen molar-refractivity contribution in [2.75, 3.05) is 0 Å². The maximum Gasteiger partial charge on any atom is 0.0776 e. The number of aromatic nitrogens is 2. The van der Waals surface area contributed by atoms with Crippen LogP contribution in [0.2, 0.25) is 19.6 Å². The fourth-order valence-electron chi connectivity index (χ4n) is 4.47. The normalized spacial score (nSPS) is 11.3. The van der Waals surface area contributed by atoms with Gasteiger partial charge < -0.3 is 9.97 Å². The van der Waals surface area contributed by atoms with Crippen LogP contribution in [0.1, 0.15) is 30.9 Å². The average Bonchev–Trinajstić information content (AvgIpc) is 3.32. The summed E-state index contributed by atoms with van der Waals surface area (Å²) < 4.78 is 2.64. The van der Waals surface area contributed by atoms with Gasteiger partial charge in [-0.25, -0.2) is 0 Å². The van der Waals surface area contributed by atoms with Crippen molar-refractivity contribution in [2.45, 2.75) is 46.3 Å². The molecule has 0 aliphatic carbocycles. The maximum absolute atomic E-state index is 4.61. The largest absolute Gasteiger partial charge is 0.304 e. The minimum atomic E-state index is -1.31. The molecule has 0 spiro atoms. The first-order chi connectivity index (χ1) is 18.7. The van der Waals surface area contributed by atoms with Gasteiger partial charge >= 0.3 is 0 Å². The zero-order valence-corrected chi connectivity index (χ0v) is 28.1. The van der Waals surface area contributed by atoms with E-state index in [0.29, 0.717) is 5.92 Å². The van der Waals surface area contributed by atoms with E-state index >= 15 is 0 Å². The van der Waals surface area contributed by atoms with Gasteiger partial charge in [0.1, 0.15) is 0 Å². The summed E-state index contributed by atoms with van der Waals surface area (Å²) in [5, 5.41) is 4.21. The van der Waals surface area contributed by atoms with E-state index in [4.69, 9.17) is 0 Å². The number of nitrogens with zero attached hydrogens (tertiary/aromatic N) is 2. The summed E-state index contributed by atoms with van der Waals surface area (Å²) in [4.78, 5) is 9.05. The Labute approximate surface area is 256 Å². The summed E-state index contributed by atoms with van der Waals surface area (Å²) in [6.07, 6.45) is 3.87. The molecular formula is C35H34IrN2SSi-2. The summed E-state index contributed by atoms with van der Waals surface area (Å²) in [5.41, 5.74) is 6.61. The van der Waals surface area contributed by atoms with Crippen molar-refractivity contribution in [3.05, 3.63) is 115 Å². The molecule has 3 heterocycles. The summed E-state index contributed by atoms with van der Waals surface area (Å²) in [6, 6.07) is 34.1. The van der Waals surface area contributed by atoms with E-state index in [2.05, 4.69) is 111 Å². The van der Waals surface area contributed by atoms with E-state index in [-0.39, 0.29) is 20.1 Å². The van der Waals surface area contributed by atoms with Gasteiger partial charge in [0.05, 0.1) is 8.07 Å². The quantitative estimate of drug-likeness (QED) is 0.133. The average molecular weight is 735 g/mol. The van der Waals surface area contributed by atoms with Crippen LogP contribution in [0, 0.1) is 19.1 Å². The number of thiophene rings is 1. The van der Waals surface area contributed by atoms with Crippen LogP contribution >= 0.6 is 11.3 Å². The Balaban J connectivity index is 0.000000200. The van der Waals surface area contributed by atoms with Gasteiger partial charge in [0.15, 0.2) is 0 Å². The van der Waals surface area contributed by atoms with Crippen LogP contribution in [0.5, 0.6) is 0 Å². The van der Waals surface area contributed by atoms with E-state index in [1.54, 1.807) is 0 Å². The molecular weight excluding hydrogens is 701 g/mol. The molecule has 5 heteroatoms. The molecule has 40 heavy (non-hydrogen) atoms. The van der Waals surface area contributed by atoms with Crippen LogP contribution in [-0.4, -0.2) is 18.0 Å². The fourth-order valence-corrected chi connectivity index (χ4v) is 6.82. The summed E-state index contributed by atoms with van der Waals surface area (Å²) in [5.74, 6) is 0.534. The Morgan fingerprint density at radius 1 is 0.775 bits per heavy atom. The molecule has 0 atom stereocenters. The number of aryl methyl sites for hydroxylation is 1. The molecule has 0 saturated carbocycles. The third kappa shape index (κ3) is 6.67. The van der Waals surface area contributed by atoms with Crippen molar-refractivity contribution in [1.29, 1.82) is 0 Å². The smallest absolute Gasteiger partial charge is 0.0776 e. The van der Waals surface area contributed by atoms with E-state index < -0.39 is 8.07 Å². The zero-order valence-electron chi connectivity index (χ0n) is 23.9. The molecule has 6 rings (SSSR count). The van der Waals surface area contributed by atoms with E-state index in [1.165, 1.54) is 36.5 Å². The summed E-state index contributed by atoms with van der Waals surface area (Å²) >= 11 is 1.85. The number of fused-ring (bicyclic) bond motifs is 3. The molecule has 0 amide bonds. The minimum absolute atomic E-state index is 0. The Kier molecular flexibility index (Phi) is 9.53. The molecule has 0 aliphatic heterocycles. The third-order valence-electron chi connectivity index (χ3n) is 6.90. The number of pyridine rings is 2. The standard InChI is InChI=1S/C21H20NSSi.C14H14N.Ir/c1-14-8-10-19(22-13-14)17-7-5-6-16-18-12-15(24(2,3)4)9-11-20(18)23-21(16)17;1-11(2)13-8-9-14(15-10-13)12-6-4-3-5-7-12;/h5-6,8-13H,1-4H3;3-6,8-11H,1-2H3;/q2*-1;. The Bertz CT molecular complexity index is 1700. The van der Waals surface area contributed by atoms with Crippen molar-refractivity contribution >= 4 is 44.8 Å². The van der Waals surface area contributed by atoms with Crippen molar-refractivity contribution in [2.24, 2.45) is 0 Å². The van der Waals surface area contributed by atoms with Crippen molar-refractivity contribution < 1.29 is 20.1 Å². The molecule has 205 valence electrons. The van der Waals surface area contributed by atoms with Crippen LogP contribution < -0.4 is 5.19 Å². The van der Waals surface area contributed by atoms with Gasteiger partial charge in [-0.3, -0.25) is 0 Å². The first kappa shape index (κ1) is 30.0. The zero-order chi connectivity index (χ0) is 27.6. The molecule has 0 bridgehead atoms. The molecule has 6 aromatic rings. The van der Waals surface area contributed by atoms with Crippen LogP contribution in [0.3, 0.4) is 0 Å². The van der Waals surface area contributed by atoms with Crippen LogP contribution in [0.25, 0.3) is 42.7 Å². The van der Waals surface area contributed by atoms with Gasteiger partial charge in [-0.05, 0) is 51.5 Å². The van der Waals surface area contributed by atoms with Crippen LogP contribution in [0.15, 0.2) is 91.3 Å². The number of benzene rings is 3. The Hall–Kier alpha value is -2.95. The van der Waals surface area contributed by atoms with Gasteiger partial charge in [0.25, 0.3) is 0 Å². The van der Waals surface area contributed by atoms with Crippen molar-refractivity contribution in [3.8, 4) is 22.5 Å². The second-order valence-electron chi connectivity index (χ2n) is 11.3. The predicted octanol–water partition coefficient (Wildman–Crippen LogP) is 9.44. The summed E-state index contributed by atoms with van der Waals surface area (Å²) in [7, 11) is -1.31. The van der Waals surface area contributed by atoms with Gasteiger partial charge in [-0.1, -0.05) is 80.5 Å². The molecule has 3 aromatic carbocycles. The number of hydrogen-bond acceptors (Lipinski definition) is 3. The third-order valence-corrected chi connectivity index (χ3v) is 10.1. The summed E-state index contributed by atoms with van der Waals surface area (Å²) in [6.45, 7) is 13.6. The van der Waals surface area contributed by atoms with Crippen LogP contribution in [0.4, 0.5) is 0 Å². The Morgan fingerprint density at radius 3 is 2.17 bits per heavy atom. The van der Waals surface area contributed by atoms with Crippen molar-refractivity contribution in [1.82, 2.24) is 9.97 Å². The predicted molar refractivity (Wildman–Crippen MR) is 172 cm³/mol. The molecule has 0 fully saturated rings. The molecule has 0 N–H and O–H groups in total. The Morgan fingerprint density at radius 2 is 1.55 bits per heavy atom. The van der Waals surface area contributed by atoms with E-state index in [9.17, 15) is 0 Å². The molecule has 2 nitrogen and oxygen atoms in total. The number of rotatable bonds is 4. The molecule has 0 aliphatic rings. The van der Waals surface area contributed by atoms with Gasteiger partial charge in [0, 0.05) is 37.2 Å². The topological polar surface area (TPSA) is 25.8 Å². The number of hydrogen-bond donors (Lipinski definition) is 0. The van der Waals surface area contributed by atoms with Crippen molar-refractivity contribution in [3.63, 3.8) is 0 Å². The fraction of sp³-hybridized carbons (Fsp3) is 0.200. The van der Waals surface area contributed by atoms with Crippen LogP contribution in [-0.2, 0) is 20.1 Å². The second kappa shape index (κ2) is 12.7. The molecule has 0 saturated heterocycles. The van der Waals surface area contributed by atoms with E-state index in [0.717, 1.165) is 22.5 Å². The monoisotopic (exact) mass is 735 g/mol. The van der Waals surface area contributed by atoms with Gasteiger partial charge in [-0.15, -0.1) is 59.7 Å². The first-order valence-electron chi connectivity index (χ1n) is 13.4. The SMILES string of the molecule is CC(C)c1ccc(-c2[c-]cccc2)nc1.Cc1ccc(-c2[c-]ccc3c2sc2ccc([Si](C)(C)C)cc23)nc1.[Ir].